The molecule has 4 rings (SSSR count). The molecule has 1 N–H and O–H groups in total. The number of rotatable bonds is 4. The van der Waals surface area contributed by atoms with Crippen molar-refractivity contribution in [3.05, 3.63) is 90.4 Å². The summed E-state index contributed by atoms with van der Waals surface area (Å²) in [5.74, 6) is 0.264. The lowest BCUT2D eigenvalue weighted by Crippen LogP contribution is -2.00. The lowest BCUT2D eigenvalue weighted by molar-refractivity contribution is -0.131. The van der Waals surface area contributed by atoms with Gasteiger partial charge in [0.25, 0.3) is 0 Å². The number of carbonyl (C=O) groups is 2. The molecule has 0 radical (unpaired) electrons. The number of carboxylic acid groups (broad SMARTS) is 1. The van der Waals surface area contributed by atoms with E-state index in [1.54, 1.807) is 0 Å². The molecule has 0 unspecified atom stereocenters. The fourth-order valence-electron chi connectivity index (χ4n) is 2.86. The van der Waals surface area contributed by atoms with Crippen LogP contribution in [-0.2, 0) is 9.53 Å². The average molecular weight is 388 g/mol. The number of hydrogen-bond donors (Lipinski definition) is 1. The SMILES string of the molecule is CO/C=C/C(=O)O.O=C1CC=Cc2cc(-c3ccc(-c4ccccc4)cc3)oc21. The van der Waals surface area contributed by atoms with Gasteiger partial charge in [0.1, 0.15) is 5.76 Å². The van der Waals surface area contributed by atoms with Crippen molar-refractivity contribution in [1.29, 1.82) is 0 Å². The molecule has 0 atom stereocenters. The topological polar surface area (TPSA) is 76.7 Å². The van der Waals surface area contributed by atoms with E-state index in [0.29, 0.717) is 12.2 Å². The van der Waals surface area contributed by atoms with E-state index in [4.69, 9.17) is 9.52 Å². The number of carbonyl (C=O) groups excluding carboxylic acids is 1. The molecule has 5 nitrogen and oxygen atoms in total. The minimum absolute atomic E-state index is 0.0460. The zero-order chi connectivity index (χ0) is 20.6. The van der Waals surface area contributed by atoms with Crippen LogP contribution < -0.4 is 0 Å². The van der Waals surface area contributed by atoms with E-state index in [1.807, 2.05) is 48.6 Å². The number of methoxy groups -OCH3 is 1. The molecule has 1 aliphatic carbocycles. The number of fused-ring (bicyclic) bond motifs is 1. The van der Waals surface area contributed by atoms with Gasteiger partial charge in [0.15, 0.2) is 5.76 Å². The monoisotopic (exact) mass is 388 g/mol. The fourth-order valence-corrected chi connectivity index (χ4v) is 2.86. The first-order valence-corrected chi connectivity index (χ1v) is 9.00. The molecular formula is C24H20O5. The number of Topliss-reactive ketones (excluding diaryl/α,β-unsaturated/α-hetero) is 1. The summed E-state index contributed by atoms with van der Waals surface area (Å²) in [5.41, 5.74) is 4.20. The second-order valence-electron chi connectivity index (χ2n) is 6.24. The minimum atomic E-state index is -0.998. The van der Waals surface area contributed by atoms with Gasteiger partial charge in [-0.3, -0.25) is 4.79 Å². The smallest absolute Gasteiger partial charge is 0.331 e. The first kappa shape index (κ1) is 19.9. The molecule has 29 heavy (non-hydrogen) atoms. The van der Waals surface area contributed by atoms with Crippen LogP contribution >= 0.6 is 0 Å². The van der Waals surface area contributed by atoms with Gasteiger partial charge in [0.2, 0.25) is 5.78 Å². The highest BCUT2D eigenvalue weighted by Gasteiger charge is 2.19. The van der Waals surface area contributed by atoms with Crippen LogP contribution in [0.25, 0.3) is 28.5 Å². The number of ketones is 1. The quantitative estimate of drug-likeness (QED) is 0.475. The predicted octanol–water partition coefficient (Wildman–Crippen LogP) is 5.44. The maximum absolute atomic E-state index is 11.8. The van der Waals surface area contributed by atoms with Gasteiger partial charge < -0.3 is 14.3 Å². The third-order valence-electron chi connectivity index (χ3n) is 4.24. The molecule has 0 saturated carbocycles. The van der Waals surface area contributed by atoms with E-state index >= 15 is 0 Å². The molecule has 0 saturated heterocycles. The average Bonchev–Trinajstić information content (AvgIpc) is 3.19. The summed E-state index contributed by atoms with van der Waals surface area (Å²) >= 11 is 0. The Kier molecular flexibility index (Phi) is 6.43. The van der Waals surface area contributed by atoms with Gasteiger partial charge in [-0.2, -0.15) is 0 Å². The molecule has 0 bridgehead atoms. The highest BCUT2D eigenvalue weighted by molar-refractivity contribution is 6.01. The second kappa shape index (κ2) is 9.37. The first-order valence-electron chi connectivity index (χ1n) is 9.00. The third-order valence-corrected chi connectivity index (χ3v) is 4.24. The molecule has 5 heteroatoms. The van der Waals surface area contributed by atoms with E-state index in [9.17, 15) is 9.59 Å². The Morgan fingerprint density at radius 2 is 1.69 bits per heavy atom. The summed E-state index contributed by atoms with van der Waals surface area (Å²) in [6.45, 7) is 0. The van der Waals surface area contributed by atoms with Gasteiger partial charge in [-0.1, -0.05) is 66.7 Å². The molecule has 3 aromatic rings. The van der Waals surface area contributed by atoms with Crippen LogP contribution in [0.3, 0.4) is 0 Å². The number of carboxylic acids is 1. The van der Waals surface area contributed by atoms with E-state index in [2.05, 4.69) is 29.0 Å². The van der Waals surface area contributed by atoms with Crippen molar-refractivity contribution in [3.8, 4) is 22.5 Å². The maximum atomic E-state index is 11.8. The van der Waals surface area contributed by atoms with Crippen molar-refractivity contribution in [2.24, 2.45) is 0 Å². The van der Waals surface area contributed by atoms with Gasteiger partial charge >= 0.3 is 5.97 Å². The summed E-state index contributed by atoms with van der Waals surface area (Å²) in [7, 11) is 1.39. The third kappa shape index (κ3) is 5.11. The second-order valence-corrected chi connectivity index (χ2v) is 6.24. The van der Waals surface area contributed by atoms with Gasteiger partial charge in [-0.25, -0.2) is 4.79 Å². The van der Waals surface area contributed by atoms with Crippen LogP contribution in [0.4, 0.5) is 0 Å². The highest BCUT2D eigenvalue weighted by Crippen LogP contribution is 2.31. The van der Waals surface area contributed by atoms with Crippen LogP contribution in [0.1, 0.15) is 22.5 Å². The Morgan fingerprint density at radius 1 is 1.03 bits per heavy atom. The Labute approximate surface area is 168 Å². The minimum Gasteiger partial charge on any atom is -0.504 e. The van der Waals surface area contributed by atoms with E-state index < -0.39 is 5.97 Å². The molecule has 0 amide bonds. The van der Waals surface area contributed by atoms with Gasteiger partial charge in [0, 0.05) is 17.5 Å². The van der Waals surface area contributed by atoms with Gasteiger partial charge in [-0.05, 0) is 17.2 Å². The normalized spacial score (nSPS) is 12.2. The number of benzene rings is 2. The molecule has 1 aromatic heterocycles. The van der Waals surface area contributed by atoms with Crippen molar-refractivity contribution < 1.29 is 23.8 Å². The summed E-state index contributed by atoms with van der Waals surface area (Å²) in [6.07, 6.45) is 6.26. The van der Waals surface area contributed by atoms with E-state index in [1.165, 1.54) is 12.7 Å². The number of furan rings is 1. The molecular weight excluding hydrogens is 368 g/mol. The predicted molar refractivity (Wildman–Crippen MR) is 111 cm³/mol. The van der Waals surface area contributed by atoms with Crippen LogP contribution in [0.5, 0.6) is 0 Å². The summed E-state index contributed by atoms with van der Waals surface area (Å²) in [5, 5.41) is 7.88. The van der Waals surface area contributed by atoms with Crippen molar-refractivity contribution in [3.63, 3.8) is 0 Å². The van der Waals surface area contributed by atoms with Gasteiger partial charge in [-0.15, -0.1) is 0 Å². The molecule has 1 aliphatic rings. The van der Waals surface area contributed by atoms with Crippen LogP contribution in [-0.4, -0.2) is 24.0 Å². The molecule has 2 aromatic carbocycles. The van der Waals surface area contributed by atoms with Crippen molar-refractivity contribution in [2.45, 2.75) is 6.42 Å². The Bertz CT molecular complexity index is 1040. The fraction of sp³-hybridized carbons (Fsp3) is 0.0833. The standard InChI is InChI=1S/C20H14O2.C4H6O3/c21-18-8-4-7-17-13-19(22-20(17)18)16-11-9-15(10-12-16)14-5-2-1-3-6-14;1-7-3-2-4(5)6/h1-7,9-13H,8H2;2-3H,1H3,(H,5,6)/b;3-2+. The Balaban J connectivity index is 0.000000298. The van der Waals surface area contributed by atoms with Gasteiger partial charge in [0.05, 0.1) is 19.4 Å². The summed E-state index contributed by atoms with van der Waals surface area (Å²) in [4.78, 5) is 21.4. The maximum Gasteiger partial charge on any atom is 0.331 e. The molecule has 146 valence electrons. The molecule has 0 fully saturated rings. The van der Waals surface area contributed by atoms with Crippen molar-refractivity contribution in [1.82, 2.24) is 0 Å². The number of ether oxygens (including phenoxy) is 1. The molecule has 0 aliphatic heterocycles. The largest absolute Gasteiger partial charge is 0.504 e. The number of allylic oxidation sites excluding steroid dienone is 1. The lowest BCUT2D eigenvalue weighted by Gasteiger charge is -2.03. The lowest BCUT2D eigenvalue weighted by atomic mass is 10.0. The zero-order valence-electron chi connectivity index (χ0n) is 15.9. The van der Waals surface area contributed by atoms with Crippen LogP contribution in [0.15, 0.2) is 83.5 Å². The van der Waals surface area contributed by atoms with E-state index in [-0.39, 0.29) is 5.78 Å². The van der Waals surface area contributed by atoms with Crippen LogP contribution in [0, 0.1) is 0 Å². The summed E-state index contributed by atoms with van der Waals surface area (Å²) in [6, 6.07) is 20.4. The molecule has 0 spiro atoms. The number of hydrogen-bond acceptors (Lipinski definition) is 4. The Morgan fingerprint density at radius 3 is 2.28 bits per heavy atom. The summed E-state index contributed by atoms with van der Waals surface area (Å²) < 4.78 is 10.0. The Hall–Kier alpha value is -3.86. The number of aliphatic carboxylic acids is 1. The van der Waals surface area contributed by atoms with Crippen LogP contribution in [0.2, 0.25) is 0 Å². The zero-order valence-corrected chi connectivity index (χ0v) is 15.9. The van der Waals surface area contributed by atoms with Crippen molar-refractivity contribution in [2.75, 3.05) is 7.11 Å². The van der Waals surface area contributed by atoms with Crippen molar-refractivity contribution >= 4 is 17.8 Å². The van der Waals surface area contributed by atoms with E-state index in [0.717, 1.165) is 34.8 Å². The first-order chi connectivity index (χ1) is 14.1. The molecule has 1 heterocycles. The highest BCUT2D eigenvalue weighted by atomic mass is 16.5.